The van der Waals surface area contributed by atoms with Crippen molar-refractivity contribution in [1.82, 2.24) is 10.2 Å². The summed E-state index contributed by atoms with van der Waals surface area (Å²) in [5, 5.41) is 3.07. The average molecular weight is 277 g/mol. The van der Waals surface area contributed by atoms with Crippen LogP contribution in [0.2, 0.25) is 0 Å². The zero-order chi connectivity index (χ0) is 14.5. The molecule has 1 heterocycles. The molecule has 1 fully saturated rings. The minimum absolute atomic E-state index is 0.144. The molecule has 1 saturated heterocycles. The van der Waals surface area contributed by atoms with Crippen LogP contribution in [0.25, 0.3) is 0 Å². The Hall–Kier alpha value is -1.75. The molecule has 20 heavy (non-hydrogen) atoms. The molecule has 0 radical (unpaired) electrons. The number of amides is 1. The molecule has 1 aliphatic heterocycles. The van der Waals surface area contributed by atoms with E-state index in [1.807, 2.05) is 0 Å². The second-order valence-electron chi connectivity index (χ2n) is 5.11. The van der Waals surface area contributed by atoms with Gasteiger partial charge in [0, 0.05) is 24.8 Å². The Balaban J connectivity index is 2.02. The summed E-state index contributed by atoms with van der Waals surface area (Å²) in [6.07, 6.45) is 1.96. The van der Waals surface area contributed by atoms with Gasteiger partial charge >= 0.3 is 0 Å². The van der Waals surface area contributed by atoms with Crippen LogP contribution in [0.4, 0.5) is 5.69 Å². The van der Waals surface area contributed by atoms with Crippen molar-refractivity contribution in [3.63, 3.8) is 0 Å². The van der Waals surface area contributed by atoms with Crippen molar-refractivity contribution in [3.8, 4) is 5.75 Å². The summed E-state index contributed by atoms with van der Waals surface area (Å²) in [5.74, 6) is 0.378. The molecule has 0 aromatic heterocycles. The van der Waals surface area contributed by atoms with Crippen LogP contribution < -0.4 is 15.8 Å². The number of carbonyl (C=O) groups excluding carboxylic acids is 1. The number of nitrogen functional groups attached to an aromatic ring is 1. The van der Waals surface area contributed by atoms with Crippen molar-refractivity contribution in [2.75, 3.05) is 32.5 Å². The smallest absolute Gasteiger partial charge is 0.257 e. The largest absolute Gasteiger partial charge is 0.496 e. The van der Waals surface area contributed by atoms with Crippen LogP contribution in [0, 0.1) is 0 Å². The third-order valence-electron chi connectivity index (χ3n) is 3.88. The first-order valence-electron chi connectivity index (χ1n) is 7.11. The van der Waals surface area contributed by atoms with E-state index < -0.39 is 0 Å². The Kier molecular flexibility index (Phi) is 4.84. The summed E-state index contributed by atoms with van der Waals surface area (Å²) in [5.41, 5.74) is 6.79. The topological polar surface area (TPSA) is 67.6 Å². The minimum atomic E-state index is -0.144. The Morgan fingerprint density at radius 3 is 2.75 bits per heavy atom. The molecular formula is C15H23N3O2. The molecule has 1 amide bonds. The van der Waals surface area contributed by atoms with Gasteiger partial charge in [-0.3, -0.25) is 4.79 Å². The van der Waals surface area contributed by atoms with Gasteiger partial charge < -0.3 is 20.7 Å². The molecule has 3 N–H and O–H groups in total. The lowest BCUT2D eigenvalue weighted by molar-refractivity contribution is 0.0910. The van der Waals surface area contributed by atoms with Gasteiger partial charge in [-0.15, -0.1) is 0 Å². The quantitative estimate of drug-likeness (QED) is 0.818. The number of likely N-dealkylation sites (tertiary alicyclic amines) is 1. The van der Waals surface area contributed by atoms with Crippen molar-refractivity contribution in [3.05, 3.63) is 23.8 Å². The fourth-order valence-electron chi connectivity index (χ4n) is 2.61. The molecule has 0 aliphatic carbocycles. The highest BCUT2D eigenvalue weighted by Gasteiger charge is 2.22. The highest BCUT2D eigenvalue weighted by atomic mass is 16.5. The summed E-state index contributed by atoms with van der Waals surface area (Å²) >= 11 is 0. The second-order valence-corrected chi connectivity index (χ2v) is 5.11. The lowest BCUT2D eigenvalue weighted by Gasteiger charge is -2.31. The monoisotopic (exact) mass is 277 g/mol. The van der Waals surface area contributed by atoms with Gasteiger partial charge in [0.25, 0.3) is 5.91 Å². The first-order chi connectivity index (χ1) is 9.65. The number of anilines is 1. The third-order valence-corrected chi connectivity index (χ3v) is 3.88. The van der Waals surface area contributed by atoms with Crippen LogP contribution in [0.3, 0.4) is 0 Å². The van der Waals surface area contributed by atoms with Crippen LogP contribution in [0.15, 0.2) is 18.2 Å². The molecule has 5 nitrogen and oxygen atoms in total. The number of hydrogen-bond donors (Lipinski definition) is 2. The van der Waals surface area contributed by atoms with E-state index >= 15 is 0 Å². The number of rotatable bonds is 4. The maximum Gasteiger partial charge on any atom is 0.257 e. The maximum absolute atomic E-state index is 12.4. The molecule has 0 bridgehead atoms. The highest BCUT2D eigenvalue weighted by Crippen LogP contribution is 2.24. The van der Waals surface area contributed by atoms with Crippen LogP contribution in [0.5, 0.6) is 5.75 Å². The van der Waals surface area contributed by atoms with Crippen molar-refractivity contribution < 1.29 is 9.53 Å². The second kappa shape index (κ2) is 6.61. The molecule has 0 unspecified atom stereocenters. The van der Waals surface area contributed by atoms with Crippen molar-refractivity contribution >= 4 is 11.6 Å². The fourth-order valence-corrected chi connectivity index (χ4v) is 2.61. The van der Waals surface area contributed by atoms with Crippen molar-refractivity contribution in [1.29, 1.82) is 0 Å². The summed E-state index contributed by atoms with van der Waals surface area (Å²) in [6.45, 7) is 5.29. The van der Waals surface area contributed by atoms with Crippen molar-refractivity contribution in [2.45, 2.75) is 25.8 Å². The van der Waals surface area contributed by atoms with E-state index in [0.717, 1.165) is 32.5 Å². The molecule has 5 heteroatoms. The standard InChI is InChI=1S/C15H23N3O2/c1-3-18-9-7-11(8-10-18)17-15(19)14-12(16)5-4-6-13(14)20-2/h4-6,11H,3,7-10,16H2,1-2H3,(H,17,19). The Bertz CT molecular complexity index is 468. The molecule has 1 aromatic carbocycles. The molecule has 0 atom stereocenters. The number of nitrogens with two attached hydrogens (primary N) is 1. The number of benzene rings is 1. The van der Waals surface area contributed by atoms with Crippen LogP contribution in [-0.2, 0) is 0 Å². The van der Waals surface area contributed by atoms with Crippen LogP contribution >= 0.6 is 0 Å². The molecule has 0 spiro atoms. The zero-order valence-electron chi connectivity index (χ0n) is 12.2. The first kappa shape index (κ1) is 14.7. The lowest BCUT2D eigenvalue weighted by atomic mass is 10.0. The predicted molar refractivity (Wildman–Crippen MR) is 80.0 cm³/mol. The minimum Gasteiger partial charge on any atom is -0.496 e. The molecule has 110 valence electrons. The van der Waals surface area contributed by atoms with Gasteiger partial charge in [0.15, 0.2) is 0 Å². The van der Waals surface area contributed by atoms with E-state index in [2.05, 4.69) is 17.1 Å². The number of ether oxygens (including phenoxy) is 1. The molecule has 1 aliphatic rings. The first-order valence-corrected chi connectivity index (χ1v) is 7.11. The lowest BCUT2D eigenvalue weighted by Crippen LogP contribution is -2.44. The van der Waals surface area contributed by atoms with E-state index in [1.54, 1.807) is 25.3 Å². The molecule has 0 saturated carbocycles. The van der Waals surface area contributed by atoms with E-state index in [4.69, 9.17) is 10.5 Å². The van der Waals surface area contributed by atoms with Crippen LogP contribution in [0.1, 0.15) is 30.1 Å². The summed E-state index contributed by atoms with van der Waals surface area (Å²) in [4.78, 5) is 14.8. The summed E-state index contributed by atoms with van der Waals surface area (Å²) < 4.78 is 5.22. The van der Waals surface area contributed by atoms with E-state index in [-0.39, 0.29) is 11.9 Å². The Morgan fingerprint density at radius 1 is 1.45 bits per heavy atom. The number of nitrogens with one attached hydrogen (secondary N) is 1. The van der Waals surface area contributed by atoms with Gasteiger partial charge in [0.05, 0.1) is 7.11 Å². The zero-order valence-corrected chi connectivity index (χ0v) is 12.2. The third kappa shape index (κ3) is 3.22. The number of carbonyl (C=O) groups is 1. The molecular weight excluding hydrogens is 254 g/mol. The van der Waals surface area contributed by atoms with E-state index in [1.165, 1.54) is 0 Å². The van der Waals surface area contributed by atoms with E-state index in [9.17, 15) is 4.79 Å². The highest BCUT2D eigenvalue weighted by molar-refractivity contribution is 6.02. The average Bonchev–Trinajstić information content (AvgIpc) is 2.47. The van der Waals surface area contributed by atoms with Gasteiger partial charge in [-0.05, 0) is 31.5 Å². The van der Waals surface area contributed by atoms with Gasteiger partial charge in [-0.25, -0.2) is 0 Å². The Labute approximate surface area is 120 Å². The number of piperidine rings is 1. The summed E-state index contributed by atoms with van der Waals surface area (Å²) in [6, 6.07) is 5.47. The van der Waals surface area contributed by atoms with Gasteiger partial charge in [-0.2, -0.15) is 0 Å². The van der Waals surface area contributed by atoms with Gasteiger partial charge in [0.2, 0.25) is 0 Å². The van der Waals surface area contributed by atoms with Gasteiger partial charge in [-0.1, -0.05) is 13.0 Å². The normalized spacial score (nSPS) is 16.9. The Morgan fingerprint density at radius 2 is 2.15 bits per heavy atom. The molecule has 2 rings (SSSR count). The van der Waals surface area contributed by atoms with E-state index in [0.29, 0.717) is 17.0 Å². The number of methoxy groups -OCH3 is 1. The predicted octanol–water partition coefficient (Wildman–Crippen LogP) is 1.49. The SMILES string of the molecule is CCN1CCC(NC(=O)c2c(N)cccc2OC)CC1. The molecule has 1 aromatic rings. The fraction of sp³-hybridized carbons (Fsp3) is 0.533. The van der Waals surface area contributed by atoms with Crippen molar-refractivity contribution in [2.24, 2.45) is 0 Å². The summed E-state index contributed by atoms with van der Waals surface area (Å²) in [7, 11) is 1.55. The van der Waals surface area contributed by atoms with Crippen LogP contribution in [-0.4, -0.2) is 43.6 Å². The van der Waals surface area contributed by atoms with Gasteiger partial charge in [0.1, 0.15) is 11.3 Å². The number of nitrogens with zero attached hydrogens (tertiary/aromatic N) is 1. The maximum atomic E-state index is 12.4. The number of hydrogen-bond acceptors (Lipinski definition) is 4.